The number of hydrogen-bond donors (Lipinski definition) is 3. The van der Waals surface area contributed by atoms with Crippen molar-refractivity contribution in [2.75, 3.05) is 17.6 Å². The van der Waals surface area contributed by atoms with E-state index in [1.165, 1.54) is 12.3 Å². The molecule has 0 saturated carbocycles. The summed E-state index contributed by atoms with van der Waals surface area (Å²) in [6.07, 6.45) is 6.63. The van der Waals surface area contributed by atoms with Gasteiger partial charge in [-0.1, -0.05) is 0 Å². The fraction of sp³-hybridized carbons (Fsp3) is 0.182. The predicted molar refractivity (Wildman–Crippen MR) is 66.3 cm³/mol. The average molecular weight is 247 g/mol. The summed E-state index contributed by atoms with van der Waals surface area (Å²) in [6, 6.07) is 1.38. The lowest BCUT2D eigenvalue weighted by Gasteiger charge is -2.09. The maximum absolute atomic E-state index is 11.0. The van der Waals surface area contributed by atoms with Crippen LogP contribution in [-0.4, -0.2) is 32.2 Å². The average Bonchev–Trinajstić information content (AvgIpc) is 2.84. The van der Waals surface area contributed by atoms with Crippen LogP contribution in [0.4, 0.5) is 11.5 Å². The summed E-state index contributed by atoms with van der Waals surface area (Å²) in [7, 11) is 0. The lowest BCUT2D eigenvalue weighted by Crippen LogP contribution is -2.13. The topological polar surface area (TPSA) is 106 Å². The minimum atomic E-state index is -1.06. The number of nitrogens with two attached hydrogens (primary N) is 1. The molecule has 0 aromatic carbocycles. The Morgan fingerprint density at radius 3 is 3.06 bits per heavy atom. The molecule has 0 saturated heterocycles. The molecule has 2 heterocycles. The quantitative estimate of drug-likeness (QED) is 0.717. The zero-order valence-corrected chi connectivity index (χ0v) is 9.58. The summed E-state index contributed by atoms with van der Waals surface area (Å²) in [5, 5.41) is 12.0. The van der Waals surface area contributed by atoms with E-state index in [1.807, 2.05) is 10.8 Å². The van der Waals surface area contributed by atoms with Crippen molar-refractivity contribution < 1.29 is 9.90 Å². The number of anilines is 2. The Balaban J connectivity index is 2.02. The van der Waals surface area contributed by atoms with Gasteiger partial charge in [-0.05, 0) is 6.07 Å². The van der Waals surface area contributed by atoms with E-state index in [1.54, 1.807) is 12.5 Å². The third-order valence-electron chi connectivity index (χ3n) is 2.36. The van der Waals surface area contributed by atoms with Gasteiger partial charge in [0, 0.05) is 25.5 Å². The number of aromatic carboxylic acids is 1. The molecule has 0 unspecified atom stereocenters. The van der Waals surface area contributed by atoms with Gasteiger partial charge < -0.3 is 20.7 Å². The van der Waals surface area contributed by atoms with Gasteiger partial charge in [-0.3, -0.25) is 0 Å². The van der Waals surface area contributed by atoms with Crippen molar-refractivity contribution in [2.24, 2.45) is 0 Å². The highest BCUT2D eigenvalue weighted by atomic mass is 16.4. The van der Waals surface area contributed by atoms with Gasteiger partial charge >= 0.3 is 5.97 Å². The Kier molecular flexibility index (Phi) is 3.42. The van der Waals surface area contributed by atoms with Gasteiger partial charge in [-0.15, -0.1) is 0 Å². The largest absolute Gasteiger partial charge is 0.478 e. The Hall–Kier alpha value is -2.57. The number of rotatable bonds is 5. The van der Waals surface area contributed by atoms with E-state index in [0.717, 1.165) is 0 Å². The van der Waals surface area contributed by atoms with E-state index in [0.29, 0.717) is 24.6 Å². The van der Waals surface area contributed by atoms with Gasteiger partial charge in [0.15, 0.2) is 0 Å². The van der Waals surface area contributed by atoms with Gasteiger partial charge in [0.1, 0.15) is 11.4 Å². The van der Waals surface area contributed by atoms with Gasteiger partial charge in [-0.2, -0.15) is 0 Å². The van der Waals surface area contributed by atoms with E-state index in [9.17, 15) is 4.79 Å². The molecular weight excluding hydrogens is 234 g/mol. The molecule has 0 aliphatic heterocycles. The molecule has 0 spiro atoms. The number of carbonyl (C=O) groups is 1. The first-order valence-electron chi connectivity index (χ1n) is 5.35. The minimum Gasteiger partial charge on any atom is -0.478 e. The third-order valence-corrected chi connectivity index (χ3v) is 2.36. The molecule has 0 aliphatic carbocycles. The van der Waals surface area contributed by atoms with Crippen LogP contribution in [-0.2, 0) is 6.54 Å². The summed E-state index contributed by atoms with van der Waals surface area (Å²) >= 11 is 0. The number of pyridine rings is 1. The Bertz CT molecular complexity index is 538. The highest BCUT2D eigenvalue weighted by Gasteiger charge is 2.11. The SMILES string of the molecule is Nc1cnc(NCCn2ccnc2)c(C(=O)O)c1. The van der Waals surface area contributed by atoms with Crippen molar-refractivity contribution in [3.63, 3.8) is 0 Å². The summed E-state index contributed by atoms with van der Waals surface area (Å²) in [6.45, 7) is 1.22. The molecule has 0 radical (unpaired) electrons. The van der Waals surface area contributed by atoms with Crippen molar-refractivity contribution >= 4 is 17.5 Å². The number of imidazole rings is 1. The van der Waals surface area contributed by atoms with Crippen LogP contribution in [0.2, 0.25) is 0 Å². The first-order chi connectivity index (χ1) is 8.66. The Morgan fingerprint density at radius 1 is 1.56 bits per heavy atom. The number of aromatic nitrogens is 3. The summed E-state index contributed by atoms with van der Waals surface area (Å²) in [5.74, 6) is -0.739. The maximum atomic E-state index is 11.0. The molecule has 18 heavy (non-hydrogen) atoms. The molecule has 7 heteroatoms. The highest BCUT2D eigenvalue weighted by Crippen LogP contribution is 2.15. The summed E-state index contributed by atoms with van der Waals surface area (Å²) in [4.78, 5) is 18.9. The number of nitrogen functional groups attached to an aromatic ring is 1. The second-order valence-corrected chi connectivity index (χ2v) is 3.70. The van der Waals surface area contributed by atoms with Crippen molar-refractivity contribution in [3.8, 4) is 0 Å². The third kappa shape index (κ3) is 2.76. The summed E-state index contributed by atoms with van der Waals surface area (Å²) in [5.41, 5.74) is 5.90. The van der Waals surface area contributed by atoms with E-state index in [4.69, 9.17) is 10.8 Å². The van der Waals surface area contributed by atoms with Crippen molar-refractivity contribution in [1.29, 1.82) is 0 Å². The molecule has 2 rings (SSSR count). The molecule has 0 aliphatic rings. The van der Waals surface area contributed by atoms with Crippen molar-refractivity contribution in [1.82, 2.24) is 14.5 Å². The molecule has 0 bridgehead atoms. The lowest BCUT2D eigenvalue weighted by atomic mass is 10.2. The van der Waals surface area contributed by atoms with Crippen LogP contribution < -0.4 is 11.1 Å². The first kappa shape index (κ1) is 11.9. The van der Waals surface area contributed by atoms with Crippen LogP contribution >= 0.6 is 0 Å². The zero-order chi connectivity index (χ0) is 13.0. The van der Waals surface area contributed by atoms with Crippen molar-refractivity contribution in [2.45, 2.75) is 6.54 Å². The standard InChI is InChI=1S/C11H13N5O2/c12-8-5-9(11(17)18)10(15-6-8)14-2-4-16-3-1-13-7-16/h1,3,5-7H,2,4,12H2,(H,14,15)(H,17,18). The molecule has 0 amide bonds. The van der Waals surface area contributed by atoms with Crippen molar-refractivity contribution in [3.05, 3.63) is 36.5 Å². The van der Waals surface area contributed by atoms with E-state index in [2.05, 4.69) is 15.3 Å². The van der Waals surface area contributed by atoms with Gasteiger partial charge in [-0.25, -0.2) is 14.8 Å². The van der Waals surface area contributed by atoms with Gasteiger partial charge in [0.25, 0.3) is 0 Å². The number of carboxylic acids is 1. The zero-order valence-electron chi connectivity index (χ0n) is 9.58. The molecule has 4 N–H and O–H groups in total. The van der Waals surface area contributed by atoms with E-state index in [-0.39, 0.29) is 5.56 Å². The molecule has 94 valence electrons. The molecule has 7 nitrogen and oxygen atoms in total. The van der Waals surface area contributed by atoms with Crippen LogP contribution in [0.5, 0.6) is 0 Å². The molecule has 0 fully saturated rings. The van der Waals surface area contributed by atoms with Crippen LogP contribution in [0, 0.1) is 0 Å². The van der Waals surface area contributed by atoms with Crippen LogP contribution in [0.1, 0.15) is 10.4 Å². The number of nitrogens with one attached hydrogen (secondary N) is 1. The number of carboxylic acid groups (broad SMARTS) is 1. The smallest absolute Gasteiger partial charge is 0.339 e. The second kappa shape index (κ2) is 5.17. The monoisotopic (exact) mass is 247 g/mol. The summed E-state index contributed by atoms with van der Waals surface area (Å²) < 4.78 is 1.88. The highest BCUT2D eigenvalue weighted by molar-refractivity contribution is 5.94. The Labute approximate surface area is 103 Å². The number of nitrogens with zero attached hydrogens (tertiary/aromatic N) is 3. The minimum absolute atomic E-state index is 0.0700. The molecular formula is C11H13N5O2. The van der Waals surface area contributed by atoms with E-state index >= 15 is 0 Å². The lowest BCUT2D eigenvalue weighted by molar-refractivity contribution is 0.0697. The van der Waals surface area contributed by atoms with Crippen LogP contribution in [0.25, 0.3) is 0 Å². The van der Waals surface area contributed by atoms with Crippen LogP contribution in [0.15, 0.2) is 31.0 Å². The van der Waals surface area contributed by atoms with E-state index < -0.39 is 5.97 Å². The molecule has 2 aromatic rings. The normalized spacial score (nSPS) is 10.2. The fourth-order valence-electron chi connectivity index (χ4n) is 1.51. The predicted octanol–water partition coefficient (Wildman–Crippen LogP) is 0.671. The fourth-order valence-corrected chi connectivity index (χ4v) is 1.51. The first-order valence-corrected chi connectivity index (χ1v) is 5.35. The Morgan fingerprint density at radius 2 is 2.39 bits per heavy atom. The number of hydrogen-bond acceptors (Lipinski definition) is 5. The second-order valence-electron chi connectivity index (χ2n) is 3.70. The maximum Gasteiger partial charge on any atom is 0.339 e. The molecule has 2 aromatic heterocycles. The van der Waals surface area contributed by atoms with Gasteiger partial charge in [0.2, 0.25) is 0 Å². The van der Waals surface area contributed by atoms with Crippen LogP contribution in [0.3, 0.4) is 0 Å². The molecule has 0 atom stereocenters. The van der Waals surface area contributed by atoms with Gasteiger partial charge in [0.05, 0.1) is 18.2 Å².